The third kappa shape index (κ3) is 3.80. The molecule has 0 saturated carbocycles. The second kappa shape index (κ2) is 7.73. The van der Waals surface area contributed by atoms with Crippen LogP contribution in [0.25, 0.3) is 0 Å². The van der Waals surface area contributed by atoms with E-state index < -0.39 is 10.0 Å². The minimum Gasteiger partial charge on any atom is -0.457 e. The maximum Gasteiger partial charge on any atom is 0.323 e. The lowest BCUT2D eigenvalue weighted by Crippen LogP contribution is -2.24. The summed E-state index contributed by atoms with van der Waals surface area (Å²) in [5, 5.41) is 0. The fourth-order valence-electron chi connectivity index (χ4n) is 3.27. The van der Waals surface area contributed by atoms with E-state index in [0.717, 1.165) is 11.3 Å². The maximum absolute atomic E-state index is 12.9. The van der Waals surface area contributed by atoms with Gasteiger partial charge in [-0.3, -0.25) is 0 Å². The zero-order chi connectivity index (χ0) is 21.3. The number of rotatable bonds is 5. The number of hydrogen-bond acceptors (Lipinski definition) is 6. The monoisotopic (exact) mass is 431 g/mol. The molecule has 4 aromatic rings. The number of anilines is 1. The van der Waals surface area contributed by atoms with Gasteiger partial charge in [0.05, 0.1) is 11.4 Å². The molecule has 0 amide bonds. The Hall–Kier alpha value is -3.91. The highest BCUT2D eigenvalue weighted by Gasteiger charge is 2.35. The van der Waals surface area contributed by atoms with E-state index in [0.29, 0.717) is 16.4 Å². The average molecular weight is 431 g/mol. The first-order valence-corrected chi connectivity index (χ1v) is 11.0. The van der Waals surface area contributed by atoms with Crippen LogP contribution in [0.5, 0.6) is 23.3 Å². The Kier molecular flexibility index (Phi) is 4.76. The Labute approximate surface area is 179 Å². The van der Waals surface area contributed by atoms with E-state index in [1.54, 1.807) is 48.5 Å². The Morgan fingerprint density at radius 1 is 0.742 bits per heavy atom. The highest BCUT2D eigenvalue weighted by molar-refractivity contribution is 7.93. The third-order valence-electron chi connectivity index (χ3n) is 4.74. The van der Waals surface area contributed by atoms with Crippen LogP contribution in [0.15, 0.2) is 96.0 Å². The number of fused-ring (bicyclic) bond motifs is 1. The Morgan fingerprint density at radius 3 is 2.13 bits per heavy atom. The molecule has 154 valence electrons. The molecule has 0 unspecified atom stereocenters. The fraction of sp³-hybridized carbons (Fsp3) is 0.0435. The van der Waals surface area contributed by atoms with E-state index in [4.69, 9.17) is 9.47 Å². The Bertz CT molecular complexity index is 1330. The molecular weight excluding hydrogens is 414 g/mol. The summed E-state index contributed by atoms with van der Waals surface area (Å²) in [7, 11) is -3.65. The van der Waals surface area contributed by atoms with Crippen LogP contribution in [0.2, 0.25) is 0 Å². The average Bonchev–Trinajstić information content (AvgIpc) is 3.07. The van der Waals surface area contributed by atoms with Gasteiger partial charge in [0.15, 0.2) is 0 Å². The molecule has 0 radical (unpaired) electrons. The molecule has 0 fully saturated rings. The summed E-state index contributed by atoms with van der Waals surface area (Å²) in [5.74, 6) is 2.16. The van der Waals surface area contributed by atoms with Crippen molar-refractivity contribution >= 4 is 15.8 Å². The summed E-state index contributed by atoms with van der Waals surface area (Å²) in [6.07, 6.45) is 1.48. The maximum atomic E-state index is 12.9. The van der Waals surface area contributed by atoms with E-state index in [1.807, 2.05) is 36.4 Å². The number of aromatic nitrogens is 2. The largest absolute Gasteiger partial charge is 0.457 e. The lowest BCUT2D eigenvalue weighted by Gasteiger charge is -2.16. The summed E-state index contributed by atoms with van der Waals surface area (Å²) >= 11 is 0. The van der Waals surface area contributed by atoms with Gasteiger partial charge in [-0.1, -0.05) is 36.4 Å². The number of hydrogen-bond donors (Lipinski definition) is 0. The molecule has 1 aromatic heterocycles. The third-order valence-corrected chi connectivity index (χ3v) is 6.59. The molecule has 31 heavy (non-hydrogen) atoms. The van der Waals surface area contributed by atoms with Crippen LogP contribution in [-0.2, 0) is 16.6 Å². The van der Waals surface area contributed by atoms with E-state index >= 15 is 0 Å². The van der Waals surface area contributed by atoms with E-state index in [2.05, 4.69) is 9.97 Å². The zero-order valence-electron chi connectivity index (χ0n) is 16.3. The summed E-state index contributed by atoms with van der Waals surface area (Å²) < 4.78 is 38.5. The van der Waals surface area contributed by atoms with E-state index in [-0.39, 0.29) is 18.4 Å². The molecule has 7 nitrogen and oxygen atoms in total. The summed E-state index contributed by atoms with van der Waals surface area (Å²) in [6.45, 7) is 0.223. The van der Waals surface area contributed by atoms with Gasteiger partial charge in [-0.15, -0.1) is 0 Å². The van der Waals surface area contributed by atoms with Gasteiger partial charge < -0.3 is 9.47 Å². The number of benzene rings is 3. The first-order chi connectivity index (χ1) is 15.1. The molecule has 3 aromatic carbocycles. The van der Waals surface area contributed by atoms with Gasteiger partial charge in [0.25, 0.3) is 10.0 Å². The predicted molar refractivity (Wildman–Crippen MR) is 115 cm³/mol. The number of ether oxygens (including phenoxy) is 2. The van der Waals surface area contributed by atoms with Gasteiger partial charge in [0.1, 0.15) is 23.1 Å². The van der Waals surface area contributed by atoms with Crippen molar-refractivity contribution in [1.29, 1.82) is 0 Å². The van der Waals surface area contributed by atoms with E-state index in [1.165, 1.54) is 10.5 Å². The van der Waals surface area contributed by atoms with Crippen molar-refractivity contribution < 1.29 is 17.9 Å². The Morgan fingerprint density at radius 2 is 1.39 bits per heavy atom. The van der Waals surface area contributed by atoms with Gasteiger partial charge in [0.2, 0.25) is 0 Å². The number of para-hydroxylation sites is 1. The lowest BCUT2D eigenvalue weighted by molar-refractivity contribution is 0.438. The van der Waals surface area contributed by atoms with Crippen molar-refractivity contribution in [2.24, 2.45) is 0 Å². The van der Waals surface area contributed by atoms with Crippen LogP contribution in [0, 0.1) is 0 Å². The highest BCUT2D eigenvalue weighted by atomic mass is 32.2. The van der Waals surface area contributed by atoms with Crippen LogP contribution in [0.4, 0.5) is 5.82 Å². The SMILES string of the molecule is O=S1(=O)c2ccccc2CN1c1ccnc(Oc2ccc(Oc3ccccc3)cc2)n1. The molecule has 1 aliphatic heterocycles. The lowest BCUT2D eigenvalue weighted by atomic mass is 10.2. The van der Waals surface area contributed by atoms with Crippen molar-refractivity contribution in [2.75, 3.05) is 4.31 Å². The molecule has 2 heterocycles. The van der Waals surface area contributed by atoms with Crippen molar-refractivity contribution in [2.45, 2.75) is 11.4 Å². The molecule has 0 spiro atoms. The topological polar surface area (TPSA) is 81.6 Å². The van der Waals surface area contributed by atoms with Gasteiger partial charge >= 0.3 is 6.01 Å². The van der Waals surface area contributed by atoms with Crippen LogP contribution < -0.4 is 13.8 Å². The van der Waals surface area contributed by atoms with Crippen LogP contribution in [0.3, 0.4) is 0 Å². The molecule has 0 atom stereocenters. The molecule has 0 saturated heterocycles. The molecule has 0 N–H and O–H groups in total. The second-order valence-electron chi connectivity index (χ2n) is 6.81. The van der Waals surface area contributed by atoms with Gasteiger partial charge in [0, 0.05) is 12.3 Å². The highest BCUT2D eigenvalue weighted by Crippen LogP contribution is 2.34. The zero-order valence-corrected chi connectivity index (χ0v) is 17.1. The van der Waals surface area contributed by atoms with E-state index in [9.17, 15) is 8.42 Å². The second-order valence-corrected chi connectivity index (χ2v) is 8.64. The predicted octanol–water partition coefficient (Wildman–Crippen LogP) is 4.77. The molecule has 0 bridgehead atoms. The minimum atomic E-state index is -3.65. The van der Waals surface area contributed by atoms with Crippen molar-refractivity contribution in [3.63, 3.8) is 0 Å². The van der Waals surface area contributed by atoms with Gasteiger partial charge in [-0.2, -0.15) is 4.98 Å². The van der Waals surface area contributed by atoms with Gasteiger partial charge in [-0.25, -0.2) is 17.7 Å². The molecular formula is C23H17N3O4S. The minimum absolute atomic E-state index is 0.0559. The van der Waals surface area contributed by atoms with Crippen LogP contribution in [-0.4, -0.2) is 18.4 Å². The quantitative estimate of drug-likeness (QED) is 0.453. The standard InChI is InChI=1S/C23H17N3O4S/c27-31(28)21-9-5-4-6-17(21)16-26(31)22-14-15-24-23(25-22)30-20-12-10-19(11-13-20)29-18-7-2-1-3-8-18/h1-15H,16H2. The first kappa shape index (κ1) is 19.1. The molecule has 5 rings (SSSR count). The number of nitrogens with zero attached hydrogens (tertiary/aromatic N) is 3. The van der Waals surface area contributed by atoms with Crippen LogP contribution >= 0.6 is 0 Å². The van der Waals surface area contributed by atoms with Crippen molar-refractivity contribution in [3.8, 4) is 23.3 Å². The van der Waals surface area contributed by atoms with Gasteiger partial charge in [-0.05, 0) is 48.0 Å². The Balaban J connectivity index is 1.33. The fourth-order valence-corrected chi connectivity index (χ4v) is 4.88. The summed E-state index contributed by atoms with van der Waals surface area (Å²) in [4.78, 5) is 8.70. The number of sulfonamides is 1. The first-order valence-electron chi connectivity index (χ1n) is 9.54. The smallest absolute Gasteiger partial charge is 0.323 e. The van der Waals surface area contributed by atoms with Crippen molar-refractivity contribution in [3.05, 3.63) is 96.7 Å². The molecule has 1 aliphatic rings. The summed E-state index contributed by atoms with van der Waals surface area (Å²) in [6, 6.07) is 25.0. The normalized spacial score (nSPS) is 14.1. The van der Waals surface area contributed by atoms with Crippen LogP contribution in [0.1, 0.15) is 5.56 Å². The van der Waals surface area contributed by atoms with Crippen molar-refractivity contribution in [1.82, 2.24) is 9.97 Å². The molecule has 8 heteroatoms. The molecule has 0 aliphatic carbocycles. The summed E-state index contributed by atoms with van der Waals surface area (Å²) in [5.41, 5.74) is 0.734.